The summed E-state index contributed by atoms with van der Waals surface area (Å²) in [7, 11) is -1.89. The van der Waals surface area contributed by atoms with E-state index < -0.39 is 10.0 Å². The van der Waals surface area contributed by atoms with E-state index in [1.54, 1.807) is 12.3 Å². The van der Waals surface area contributed by atoms with E-state index in [9.17, 15) is 8.42 Å². The first-order valence-electron chi connectivity index (χ1n) is 5.12. The van der Waals surface area contributed by atoms with E-state index in [1.807, 2.05) is 0 Å². The second kappa shape index (κ2) is 6.66. The molecular formula is C9H15N3O4S2. The lowest BCUT2D eigenvalue weighted by atomic mass is 10.3. The Hall–Kier alpha value is -1.19. The lowest BCUT2D eigenvalue weighted by Gasteiger charge is -2.04. The van der Waals surface area contributed by atoms with Crippen LogP contribution in [0.2, 0.25) is 0 Å². The van der Waals surface area contributed by atoms with Crippen LogP contribution in [0.15, 0.2) is 10.5 Å². The second-order valence-corrected chi connectivity index (χ2v) is 6.19. The van der Waals surface area contributed by atoms with Gasteiger partial charge in [-0.2, -0.15) is 0 Å². The Morgan fingerprint density at radius 2 is 2.39 bits per heavy atom. The van der Waals surface area contributed by atoms with Gasteiger partial charge >= 0.3 is 0 Å². The molecule has 102 valence electrons. The summed E-state index contributed by atoms with van der Waals surface area (Å²) in [4.78, 5) is 4.00. The van der Waals surface area contributed by atoms with Crippen LogP contribution in [0.1, 0.15) is 19.0 Å². The van der Waals surface area contributed by atoms with E-state index in [0.29, 0.717) is 24.4 Å². The molecule has 0 aromatic carbocycles. The molecule has 0 atom stereocenters. The van der Waals surface area contributed by atoms with Crippen LogP contribution >= 0.6 is 11.3 Å². The summed E-state index contributed by atoms with van der Waals surface area (Å²) in [6.45, 7) is 1.96. The molecule has 0 spiro atoms. The molecular weight excluding hydrogens is 278 g/mol. The number of ether oxygens (including phenoxy) is 1. The van der Waals surface area contributed by atoms with Gasteiger partial charge in [0.1, 0.15) is 11.4 Å². The summed E-state index contributed by atoms with van der Waals surface area (Å²) in [5.74, 6) is -0.0250. The molecule has 1 heterocycles. The average molecular weight is 293 g/mol. The Labute approximate surface area is 110 Å². The highest BCUT2D eigenvalue weighted by Crippen LogP contribution is 2.17. The number of aromatic nitrogens is 1. The first-order chi connectivity index (χ1) is 8.48. The van der Waals surface area contributed by atoms with Crippen molar-refractivity contribution in [2.24, 2.45) is 5.16 Å². The fourth-order valence-electron chi connectivity index (χ4n) is 1.12. The minimum atomic E-state index is -3.41. The number of hydrogen-bond donors (Lipinski definition) is 2. The summed E-state index contributed by atoms with van der Waals surface area (Å²) >= 11 is 1.13. The van der Waals surface area contributed by atoms with Gasteiger partial charge in [0.15, 0.2) is 5.13 Å². The van der Waals surface area contributed by atoms with Gasteiger partial charge in [-0.25, -0.2) is 13.4 Å². The van der Waals surface area contributed by atoms with Crippen LogP contribution in [0.4, 0.5) is 5.13 Å². The van der Waals surface area contributed by atoms with Gasteiger partial charge in [0, 0.05) is 19.1 Å². The summed E-state index contributed by atoms with van der Waals surface area (Å²) < 4.78 is 30.4. The van der Waals surface area contributed by atoms with E-state index in [0.717, 1.165) is 11.3 Å². The Bertz CT molecular complexity index is 510. The minimum absolute atomic E-state index is 0.0250. The van der Waals surface area contributed by atoms with Crippen LogP contribution in [0.5, 0.6) is 0 Å². The van der Waals surface area contributed by atoms with Gasteiger partial charge in [-0.15, -0.1) is 11.3 Å². The van der Waals surface area contributed by atoms with Crippen molar-refractivity contribution in [3.63, 3.8) is 0 Å². The molecule has 0 amide bonds. The monoisotopic (exact) mass is 293 g/mol. The highest BCUT2D eigenvalue weighted by Gasteiger charge is 2.13. The molecule has 0 radical (unpaired) electrons. The molecule has 7 nitrogen and oxygen atoms in total. The van der Waals surface area contributed by atoms with Gasteiger partial charge in [-0.3, -0.25) is 4.72 Å². The fourth-order valence-corrected chi connectivity index (χ4v) is 3.20. The van der Waals surface area contributed by atoms with Crippen molar-refractivity contribution in [2.75, 3.05) is 24.2 Å². The van der Waals surface area contributed by atoms with E-state index in [-0.39, 0.29) is 10.9 Å². The normalized spacial score (nSPS) is 12.7. The number of nitrogens with zero attached hydrogens (tertiary/aromatic N) is 2. The van der Waals surface area contributed by atoms with E-state index in [1.165, 1.54) is 7.11 Å². The number of rotatable bonds is 7. The van der Waals surface area contributed by atoms with Crippen molar-refractivity contribution in [3.05, 3.63) is 11.1 Å². The van der Waals surface area contributed by atoms with Gasteiger partial charge < -0.3 is 9.94 Å². The zero-order valence-corrected chi connectivity index (χ0v) is 11.7. The highest BCUT2D eigenvalue weighted by molar-refractivity contribution is 7.92. The number of nitrogens with one attached hydrogen (secondary N) is 1. The first-order valence-corrected chi connectivity index (χ1v) is 7.65. The van der Waals surface area contributed by atoms with E-state index in [4.69, 9.17) is 9.94 Å². The van der Waals surface area contributed by atoms with Crippen molar-refractivity contribution >= 4 is 32.2 Å². The standard InChI is InChI=1S/C9H15N3O4S2/c1-7(11-13)8-6-17-9(10-8)12-18(14,15)5-3-4-16-2/h6,13H,3-5H2,1-2H3,(H,10,12). The first kappa shape index (κ1) is 14.9. The third kappa shape index (κ3) is 4.59. The molecule has 0 aliphatic carbocycles. The molecule has 0 saturated heterocycles. The molecule has 0 unspecified atom stereocenters. The van der Waals surface area contributed by atoms with Gasteiger partial charge in [-0.05, 0) is 13.3 Å². The fraction of sp³-hybridized carbons (Fsp3) is 0.556. The van der Waals surface area contributed by atoms with Gasteiger partial charge in [-0.1, -0.05) is 5.16 Å². The number of thiazole rings is 1. The third-order valence-corrected chi connectivity index (χ3v) is 4.25. The minimum Gasteiger partial charge on any atom is -0.411 e. The van der Waals surface area contributed by atoms with Crippen molar-refractivity contribution in [2.45, 2.75) is 13.3 Å². The molecule has 0 aliphatic heterocycles. The largest absolute Gasteiger partial charge is 0.411 e. The Morgan fingerprint density at radius 1 is 1.67 bits per heavy atom. The zero-order chi connectivity index (χ0) is 13.6. The van der Waals surface area contributed by atoms with Crippen LogP contribution in [-0.4, -0.2) is 43.8 Å². The van der Waals surface area contributed by atoms with Gasteiger partial charge in [0.05, 0.1) is 5.75 Å². The molecule has 9 heteroatoms. The zero-order valence-electron chi connectivity index (χ0n) is 10.1. The molecule has 0 fully saturated rings. The predicted molar refractivity (Wildman–Crippen MR) is 70.0 cm³/mol. The maximum Gasteiger partial charge on any atom is 0.234 e. The predicted octanol–water partition coefficient (Wildman–Crippen LogP) is 1.12. The Balaban J connectivity index is 2.64. The summed E-state index contributed by atoms with van der Waals surface area (Å²) in [5, 5.41) is 13.4. The maximum absolute atomic E-state index is 11.6. The number of oxime groups is 1. The smallest absolute Gasteiger partial charge is 0.234 e. The van der Waals surface area contributed by atoms with Crippen molar-refractivity contribution in [1.29, 1.82) is 0 Å². The SMILES string of the molecule is COCCCS(=O)(=O)Nc1nc(C(C)=NO)cs1. The lowest BCUT2D eigenvalue weighted by molar-refractivity contribution is 0.199. The number of sulfonamides is 1. The van der Waals surface area contributed by atoms with Crippen LogP contribution < -0.4 is 4.72 Å². The van der Waals surface area contributed by atoms with Gasteiger partial charge in [0.2, 0.25) is 10.0 Å². The van der Waals surface area contributed by atoms with Gasteiger partial charge in [0.25, 0.3) is 0 Å². The number of methoxy groups -OCH3 is 1. The Kier molecular flexibility index (Phi) is 5.51. The number of anilines is 1. The van der Waals surface area contributed by atoms with E-state index in [2.05, 4.69) is 14.9 Å². The second-order valence-electron chi connectivity index (χ2n) is 3.49. The molecule has 18 heavy (non-hydrogen) atoms. The highest BCUT2D eigenvalue weighted by atomic mass is 32.2. The summed E-state index contributed by atoms with van der Waals surface area (Å²) in [6.07, 6.45) is 0.418. The number of hydrogen-bond acceptors (Lipinski definition) is 7. The van der Waals surface area contributed by atoms with Crippen molar-refractivity contribution in [1.82, 2.24) is 4.98 Å². The van der Waals surface area contributed by atoms with Crippen LogP contribution in [0.25, 0.3) is 0 Å². The topological polar surface area (TPSA) is 101 Å². The maximum atomic E-state index is 11.6. The molecule has 1 aromatic rings. The Morgan fingerprint density at radius 3 is 3.00 bits per heavy atom. The van der Waals surface area contributed by atoms with Crippen LogP contribution in [0.3, 0.4) is 0 Å². The van der Waals surface area contributed by atoms with Crippen LogP contribution in [-0.2, 0) is 14.8 Å². The lowest BCUT2D eigenvalue weighted by Crippen LogP contribution is -2.17. The molecule has 1 aromatic heterocycles. The van der Waals surface area contributed by atoms with Crippen molar-refractivity contribution < 1.29 is 18.4 Å². The van der Waals surface area contributed by atoms with Crippen molar-refractivity contribution in [3.8, 4) is 0 Å². The summed E-state index contributed by atoms with van der Waals surface area (Å²) in [6, 6.07) is 0. The quantitative estimate of drug-likeness (QED) is 0.339. The molecule has 0 saturated carbocycles. The van der Waals surface area contributed by atoms with Crippen LogP contribution in [0, 0.1) is 0 Å². The average Bonchev–Trinajstić information content (AvgIpc) is 2.75. The molecule has 2 N–H and O–H groups in total. The molecule has 0 aliphatic rings. The molecule has 1 rings (SSSR count). The van der Waals surface area contributed by atoms with E-state index >= 15 is 0 Å². The summed E-state index contributed by atoms with van der Waals surface area (Å²) in [5.41, 5.74) is 0.771. The third-order valence-electron chi connectivity index (χ3n) is 2.03. The molecule has 0 bridgehead atoms.